The number of nitrogens with zero attached hydrogens (tertiary/aromatic N) is 3. The van der Waals surface area contributed by atoms with Crippen molar-refractivity contribution < 1.29 is 4.42 Å². The summed E-state index contributed by atoms with van der Waals surface area (Å²) in [5.74, 6) is 1.59. The van der Waals surface area contributed by atoms with Crippen LogP contribution in [-0.2, 0) is 13.1 Å². The van der Waals surface area contributed by atoms with Crippen molar-refractivity contribution in [3.63, 3.8) is 0 Å². The summed E-state index contributed by atoms with van der Waals surface area (Å²) in [5.41, 5.74) is 0.953. The van der Waals surface area contributed by atoms with Gasteiger partial charge in [-0.2, -0.15) is 0 Å². The molecule has 2 aromatic heterocycles. The van der Waals surface area contributed by atoms with E-state index < -0.39 is 0 Å². The van der Waals surface area contributed by atoms with Crippen LogP contribution in [0.15, 0.2) is 27.8 Å². The molecule has 0 radical (unpaired) electrons. The summed E-state index contributed by atoms with van der Waals surface area (Å²) in [4.78, 5) is 5.24. The maximum absolute atomic E-state index is 5.23. The zero-order chi connectivity index (χ0) is 12.8. The largest absolute Gasteiger partial charge is 0.467 e. The minimum atomic E-state index is 0. The second-order valence-corrected chi connectivity index (χ2v) is 4.48. The van der Waals surface area contributed by atoms with E-state index in [9.17, 15) is 0 Å². The zero-order valence-electron chi connectivity index (χ0n) is 10.7. The first-order chi connectivity index (χ1) is 8.79. The van der Waals surface area contributed by atoms with Crippen LogP contribution < -0.4 is 10.6 Å². The summed E-state index contributed by atoms with van der Waals surface area (Å²) in [7, 11) is 1.73. The third-order valence-electron chi connectivity index (χ3n) is 2.40. The SMILES string of the molecule is CN=C(NCc1ccco1)NCc1snnc1C.I. The van der Waals surface area contributed by atoms with E-state index in [1.165, 1.54) is 11.5 Å². The molecule has 2 N–H and O–H groups in total. The van der Waals surface area contributed by atoms with Crippen molar-refractivity contribution in [2.45, 2.75) is 20.0 Å². The van der Waals surface area contributed by atoms with Crippen molar-refractivity contribution in [2.75, 3.05) is 7.05 Å². The van der Waals surface area contributed by atoms with Crippen LogP contribution in [0.2, 0.25) is 0 Å². The molecular formula is C11H16IN5OS. The highest BCUT2D eigenvalue weighted by atomic mass is 127. The second-order valence-electron chi connectivity index (χ2n) is 3.64. The van der Waals surface area contributed by atoms with E-state index >= 15 is 0 Å². The summed E-state index contributed by atoms with van der Waals surface area (Å²) >= 11 is 1.39. The van der Waals surface area contributed by atoms with Crippen LogP contribution in [0.4, 0.5) is 0 Å². The molecule has 0 amide bonds. The molecule has 0 aliphatic rings. The molecule has 19 heavy (non-hydrogen) atoms. The fraction of sp³-hybridized carbons (Fsp3) is 0.364. The van der Waals surface area contributed by atoms with Gasteiger partial charge in [0.25, 0.3) is 0 Å². The number of aliphatic imine (C=N–C) groups is 1. The number of aryl methyl sites for hydroxylation is 1. The average Bonchev–Trinajstić information content (AvgIpc) is 3.01. The van der Waals surface area contributed by atoms with Crippen LogP contribution in [-0.4, -0.2) is 22.6 Å². The standard InChI is InChI=1S/C11H15N5OS.HI/c1-8-10(18-16-15-8)7-14-11(12-2)13-6-9-4-3-5-17-9;/h3-5H,6-7H2,1-2H3,(H2,12,13,14);1H. The Morgan fingerprint density at radius 2 is 2.21 bits per heavy atom. The van der Waals surface area contributed by atoms with Crippen molar-refractivity contribution in [3.8, 4) is 0 Å². The Balaban J connectivity index is 0.00000180. The number of furan rings is 1. The first kappa shape index (κ1) is 15.9. The molecular weight excluding hydrogens is 377 g/mol. The molecule has 8 heteroatoms. The Bertz CT molecular complexity index is 511. The van der Waals surface area contributed by atoms with Gasteiger partial charge in [-0.25, -0.2) is 0 Å². The number of hydrogen-bond donors (Lipinski definition) is 2. The fourth-order valence-corrected chi connectivity index (χ4v) is 1.95. The Morgan fingerprint density at radius 1 is 1.42 bits per heavy atom. The van der Waals surface area contributed by atoms with Crippen molar-refractivity contribution in [2.24, 2.45) is 4.99 Å². The van der Waals surface area contributed by atoms with Gasteiger partial charge in [-0.15, -0.1) is 29.1 Å². The maximum Gasteiger partial charge on any atom is 0.191 e. The summed E-state index contributed by atoms with van der Waals surface area (Å²) < 4.78 is 9.12. The molecule has 2 rings (SSSR count). The van der Waals surface area contributed by atoms with E-state index in [1.807, 2.05) is 19.1 Å². The van der Waals surface area contributed by atoms with Crippen molar-refractivity contribution in [3.05, 3.63) is 34.7 Å². The van der Waals surface area contributed by atoms with E-state index in [4.69, 9.17) is 4.42 Å². The molecule has 0 bridgehead atoms. The summed E-state index contributed by atoms with van der Waals surface area (Å²) in [5, 5.41) is 10.3. The molecule has 0 aromatic carbocycles. The smallest absolute Gasteiger partial charge is 0.191 e. The van der Waals surface area contributed by atoms with Gasteiger partial charge < -0.3 is 15.1 Å². The van der Waals surface area contributed by atoms with Crippen LogP contribution in [0.3, 0.4) is 0 Å². The van der Waals surface area contributed by atoms with Crippen molar-refractivity contribution in [1.29, 1.82) is 0 Å². The summed E-state index contributed by atoms with van der Waals surface area (Å²) in [6.07, 6.45) is 1.65. The lowest BCUT2D eigenvalue weighted by Crippen LogP contribution is -2.36. The predicted molar refractivity (Wildman–Crippen MR) is 85.8 cm³/mol. The molecule has 2 heterocycles. The summed E-state index contributed by atoms with van der Waals surface area (Å²) in [6, 6.07) is 3.77. The normalized spacial score (nSPS) is 10.9. The van der Waals surface area contributed by atoms with Gasteiger partial charge in [0.1, 0.15) is 5.76 Å². The number of guanidine groups is 1. The van der Waals surface area contributed by atoms with E-state index in [0.29, 0.717) is 13.1 Å². The molecule has 0 fully saturated rings. The Labute approximate surface area is 132 Å². The van der Waals surface area contributed by atoms with Crippen LogP contribution in [0.5, 0.6) is 0 Å². The highest BCUT2D eigenvalue weighted by molar-refractivity contribution is 14.0. The van der Waals surface area contributed by atoms with Crippen LogP contribution in [0, 0.1) is 6.92 Å². The third-order valence-corrected chi connectivity index (χ3v) is 3.22. The maximum atomic E-state index is 5.23. The topological polar surface area (TPSA) is 75.3 Å². The molecule has 0 unspecified atom stereocenters. The molecule has 0 aliphatic heterocycles. The number of rotatable bonds is 4. The van der Waals surface area contributed by atoms with E-state index in [-0.39, 0.29) is 24.0 Å². The minimum absolute atomic E-state index is 0. The van der Waals surface area contributed by atoms with E-state index in [1.54, 1.807) is 13.3 Å². The summed E-state index contributed by atoms with van der Waals surface area (Å²) in [6.45, 7) is 3.22. The van der Waals surface area contributed by atoms with Gasteiger partial charge in [0, 0.05) is 7.05 Å². The van der Waals surface area contributed by atoms with Gasteiger partial charge in [0.2, 0.25) is 0 Å². The molecule has 0 atom stereocenters. The van der Waals surface area contributed by atoms with Gasteiger partial charge in [0.15, 0.2) is 5.96 Å². The van der Waals surface area contributed by atoms with E-state index in [0.717, 1.165) is 22.3 Å². The molecule has 104 valence electrons. The average molecular weight is 393 g/mol. The number of aromatic nitrogens is 2. The van der Waals surface area contributed by atoms with E-state index in [2.05, 4.69) is 25.2 Å². The van der Waals surface area contributed by atoms with Gasteiger partial charge in [-0.1, -0.05) is 4.49 Å². The first-order valence-corrected chi connectivity index (χ1v) is 6.31. The zero-order valence-corrected chi connectivity index (χ0v) is 13.9. The predicted octanol–water partition coefficient (Wildman–Crippen LogP) is 1.92. The third kappa shape index (κ3) is 4.78. The molecule has 6 nitrogen and oxygen atoms in total. The lowest BCUT2D eigenvalue weighted by molar-refractivity contribution is 0.501. The molecule has 0 spiro atoms. The van der Waals surface area contributed by atoms with Gasteiger partial charge in [0.05, 0.1) is 29.9 Å². The molecule has 0 saturated heterocycles. The Kier molecular flexibility index (Phi) is 6.78. The van der Waals surface area contributed by atoms with Gasteiger partial charge in [-0.05, 0) is 30.6 Å². The first-order valence-electron chi connectivity index (χ1n) is 5.54. The minimum Gasteiger partial charge on any atom is -0.467 e. The number of halogens is 1. The fourth-order valence-electron chi connectivity index (χ4n) is 1.38. The lowest BCUT2D eigenvalue weighted by atomic mass is 10.4. The van der Waals surface area contributed by atoms with Crippen LogP contribution in [0.25, 0.3) is 0 Å². The second kappa shape index (κ2) is 8.10. The highest BCUT2D eigenvalue weighted by Crippen LogP contribution is 2.07. The van der Waals surface area contributed by atoms with Crippen LogP contribution >= 0.6 is 35.5 Å². The monoisotopic (exact) mass is 393 g/mol. The Morgan fingerprint density at radius 3 is 2.79 bits per heavy atom. The number of hydrogen-bond acceptors (Lipinski definition) is 5. The van der Waals surface area contributed by atoms with Gasteiger partial charge >= 0.3 is 0 Å². The Hall–Kier alpha value is -1.16. The highest BCUT2D eigenvalue weighted by Gasteiger charge is 2.04. The molecule has 0 aliphatic carbocycles. The van der Waals surface area contributed by atoms with Crippen molar-refractivity contribution in [1.82, 2.24) is 20.2 Å². The molecule has 0 saturated carbocycles. The quantitative estimate of drug-likeness (QED) is 0.472. The molecule has 2 aromatic rings. The number of nitrogens with one attached hydrogen (secondary N) is 2. The van der Waals surface area contributed by atoms with Crippen LogP contribution in [0.1, 0.15) is 16.3 Å². The van der Waals surface area contributed by atoms with Gasteiger partial charge in [-0.3, -0.25) is 4.99 Å². The lowest BCUT2D eigenvalue weighted by Gasteiger charge is -2.09. The van der Waals surface area contributed by atoms with Crippen molar-refractivity contribution >= 4 is 41.5 Å².